The number of methoxy groups -OCH3 is 4. The third kappa shape index (κ3) is 31.0. The summed E-state index contributed by atoms with van der Waals surface area (Å²) >= 11 is 32.0. The van der Waals surface area contributed by atoms with Gasteiger partial charge in [-0.15, -0.1) is 0 Å². The van der Waals surface area contributed by atoms with Crippen LogP contribution in [0, 0.1) is 27.7 Å². The molecule has 0 aliphatic rings. The third-order valence-corrected chi connectivity index (χ3v) is 23.5. The quantitative estimate of drug-likeness (QED) is 0.0362. The number of anilines is 1. The van der Waals surface area contributed by atoms with E-state index in [0.717, 1.165) is 101 Å². The molecule has 0 radical (unpaired) electrons. The summed E-state index contributed by atoms with van der Waals surface area (Å²) in [6, 6.07) is 86.6. The Morgan fingerprint density at radius 3 is 1.12 bits per heavy atom. The first-order valence-corrected chi connectivity index (χ1v) is 48.6. The van der Waals surface area contributed by atoms with Crippen LogP contribution in [0.3, 0.4) is 0 Å². The van der Waals surface area contributed by atoms with Gasteiger partial charge in [-0.2, -0.15) is 15.3 Å². The van der Waals surface area contributed by atoms with Crippen molar-refractivity contribution in [1.82, 2.24) is 44.3 Å². The van der Waals surface area contributed by atoms with Crippen LogP contribution < -0.4 is 119 Å². The van der Waals surface area contributed by atoms with Crippen molar-refractivity contribution in [3.63, 3.8) is 0 Å². The van der Waals surface area contributed by atoms with Gasteiger partial charge in [-0.25, -0.2) is 9.97 Å². The van der Waals surface area contributed by atoms with Gasteiger partial charge in [0.2, 0.25) is 0 Å². The molecule has 16 aromatic rings. The fourth-order valence-corrected chi connectivity index (χ4v) is 17.4. The van der Waals surface area contributed by atoms with Crippen molar-refractivity contribution >= 4 is 191 Å². The summed E-state index contributed by atoms with van der Waals surface area (Å²) < 4.78 is 35.4. The Kier molecular flexibility index (Phi) is 44.4. The van der Waals surface area contributed by atoms with Gasteiger partial charge in [0.1, 0.15) is 28.2 Å². The number of nitrogens with one attached hydrogen (secondary N) is 1. The van der Waals surface area contributed by atoms with E-state index in [4.69, 9.17) is 93.6 Å². The molecule has 0 amide bonds. The van der Waals surface area contributed by atoms with Crippen LogP contribution in [0.4, 0.5) is 5.69 Å². The monoisotopic (exact) mass is 1970 g/mol. The Balaban J connectivity index is 0.000000219. The summed E-state index contributed by atoms with van der Waals surface area (Å²) in [5, 5.41) is 38.4. The molecule has 33 heteroatoms. The van der Waals surface area contributed by atoms with Crippen molar-refractivity contribution in [2.24, 2.45) is 21.1 Å². The van der Waals surface area contributed by atoms with Crippen LogP contribution in [0.15, 0.2) is 297 Å². The zero-order chi connectivity index (χ0) is 87.0. The van der Waals surface area contributed by atoms with Crippen molar-refractivity contribution in [3.05, 3.63) is 340 Å². The van der Waals surface area contributed by atoms with E-state index < -0.39 is 28.2 Å². The van der Waals surface area contributed by atoms with Crippen LogP contribution in [-0.2, 0) is 41.6 Å². The second-order valence-corrected chi connectivity index (χ2v) is 40.4. The first-order chi connectivity index (χ1) is 57.6. The molecule has 0 bridgehead atoms. The Bertz CT molecular complexity index is 5720. The average molecular weight is 1970 g/mol. The standard InChI is InChI=1S/2C18H15P.C15H14ClN3O.C15H15N3O2.C11H9Cl2NO.C8H11NO.C4H7BN2O2.Cl3OP.2ClH.K.H2O.Pd/c2*1-4-10-16(11-5-1)19(17-12-6-2-7-13-17)18-14-8-3-9-15-18;1-9-14(20-3)5-4-11-12(16)6-13(18-15(9)11)10-7-17-19(2)8-10;1-9-14(20-3)5-4-11-13(19)6-12(17-15(9)11)10-7-16-18(2)8-10;1-6-9(15-2)4-3-7-8(12)5-10(13)14-11(6)7;1-6-7(9)4-3-5-8(6)10-2;1-7-3-4(2-6-7)5(8)9;1-5(2,3)4;;;;;/h2*1-15H;4-8H,1-3H3;4-8H,1-3H3,(H,17,19);3-5H,1-2H3;3-5H,9H2,1-2H3;2-3,8-9H,1H3;;2*1H;;1H2;/q;;;;;;;;;;+1;;+2/p-3. The SMILES string of the molecule is COc1ccc2c(=O)cc(-c3cnn(C)c3)[nH]c2c1C.COc1ccc2c(Cl)cc(-c3cnn(C)c3)nc2c1C.COc1ccc2c(Cl)cc(Cl)nc2c1C.COc1cccc(N)c1C.Cn1cc(B(O)O)cn1.O=P(Cl)(Cl)Cl.[Cl][Pd][Cl].[K+].[OH-].c1ccc(P(c2ccccc2)c2ccccc2)cc1.c1ccc(P(c2ccccc2)c2ccccc2)cc1. The fraction of sp³-hybridized carbons (Fsp3) is 0.124. The smallest absolute Gasteiger partial charge is 0.870 e. The summed E-state index contributed by atoms with van der Waals surface area (Å²) in [4.78, 5) is 24.5. The fourth-order valence-electron chi connectivity index (χ4n) is 12.0. The van der Waals surface area contributed by atoms with Gasteiger partial charge in [0.05, 0.1) is 78.8 Å². The molecule has 6 aromatic heterocycles. The van der Waals surface area contributed by atoms with Crippen LogP contribution in [0.5, 0.6) is 23.0 Å². The molecule has 6 N–H and O–H groups in total. The number of hydrogen-bond donors (Lipinski definition) is 4. The maximum absolute atomic E-state index is 12.2. The minimum absolute atomic E-state index is 0. The second-order valence-electron chi connectivity index (χ2n) is 25.8. The molecular formula is C89H87BCl8KN10O9P3Pd. The number of ether oxygens (including phenoxy) is 4. The van der Waals surface area contributed by atoms with Crippen molar-refractivity contribution in [1.29, 1.82) is 0 Å². The Morgan fingerprint density at radius 1 is 0.451 bits per heavy atom. The summed E-state index contributed by atoms with van der Waals surface area (Å²) in [7, 11) is 19.3. The van der Waals surface area contributed by atoms with E-state index in [0.29, 0.717) is 26.0 Å². The van der Waals surface area contributed by atoms with E-state index in [1.165, 1.54) is 42.7 Å². The Labute approximate surface area is 801 Å². The van der Waals surface area contributed by atoms with E-state index in [2.05, 4.69) is 241 Å². The molecule has 0 unspecified atom stereocenters. The van der Waals surface area contributed by atoms with Crippen LogP contribution in [0.2, 0.25) is 15.2 Å². The number of aromatic nitrogens is 9. The number of aromatic amines is 1. The van der Waals surface area contributed by atoms with Gasteiger partial charge < -0.3 is 45.2 Å². The molecule has 0 aliphatic carbocycles. The van der Waals surface area contributed by atoms with Gasteiger partial charge >= 0.3 is 98.7 Å². The molecule has 0 fully saturated rings. The van der Waals surface area contributed by atoms with Gasteiger partial charge in [0.15, 0.2) is 5.43 Å². The number of aryl methyl sites for hydroxylation is 6. The van der Waals surface area contributed by atoms with E-state index in [1.54, 1.807) is 81.6 Å². The van der Waals surface area contributed by atoms with Crippen LogP contribution in [0.1, 0.15) is 22.3 Å². The number of rotatable bonds is 13. The third-order valence-electron chi connectivity index (χ3n) is 17.8. The van der Waals surface area contributed by atoms with Crippen molar-refractivity contribution in [2.75, 3.05) is 34.2 Å². The maximum atomic E-state index is 12.2. The molecule has 0 saturated carbocycles. The molecule has 6 heterocycles. The largest absolute Gasteiger partial charge is 1.00 e. The molecule has 10 aromatic carbocycles. The molecule has 16 rings (SSSR count). The number of fused-ring (bicyclic) bond motifs is 3. The summed E-state index contributed by atoms with van der Waals surface area (Å²) in [6.07, 6.45) is 10.2. The first-order valence-electron chi connectivity index (χ1n) is 36.4. The number of nitrogen functional groups attached to an aromatic ring is 1. The summed E-state index contributed by atoms with van der Waals surface area (Å²) in [6.45, 7) is 7.79. The molecule has 0 aliphatic heterocycles. The normalized spacial score (nSPS) is 10.4. The topological polar surface area (TPSA) is 263 Å². The van der Waals surface area contributed by atoms with Gasteiger partial charge in [-0.05, 0) is 170 Å². The number of benzene rings is 10. The van der Waals surface area contributed by atoms with Crippen LogP contribution in [0.25, 0.3) is 55.2 Å². The zero-order valence-electron chi connectivity index (χ0n) is 68.4. The maximum Gasteiger partial charge on any atom is 1.00 e. The van der Waals surface area contributed by atoms with E-state index in [9.17, 15) is 9.36 Å². The second kappa shape index (κ2) is 52.5. The number of H-pyrrole nitrogens is 1. The number of nitrogens with zero attached hydrogens (tertiary/aromatic N) is 8. The number of hydrogen-bond acceptors (Lipinski definition) is 15. The van der Waals surface area contributed by atoms with Crippen LogP contribution >= 0.6 is 109 Å². The predicted octanol–water partition coefficient (Wildman–Crippen LogP) is 17.3. The van der Waals surface area contributed by atoms with Gasteiger partial charge in [-0.3, -0.25) is 23.4 Å². The predicted molar refractivity (Wildman–Crippen MR) is 506 cm³/mol. The molecule has 19 nitrogen and oxygen atoms in total. The summed E-state index contributed by atoms with van der Waals surface area (Å²) in [5.41, 5.74) is 16.5. The summed E-state index contributed by atoms with van der Waals surface area (Å²) in [5.74, 6) is 3.20. The molecule has 0 saturated heterocycles. The number of pyridine rings is 3. The minimum Gasteiger partial charge on any atom is -0.870 e. The molecular weight excluding hydrogens is 1890 g/mol. The van der Waals surface area contributed by atoms with E-state index in [1.807, 2.05) is 109 Å². The Hall–Kier alpha value is -7.49. The molecule has 0 spiro atoms. The van der Waals surface area contributed by atoms with Gasteiger partial charge in [0.25, 0.3) is 0 Å². The molecule has 122 heavy (non-hydrogen) atoms. The van der Waals surface area contributed by atoms with E-state index >= 15 is 0 Å². The number of halogens is 8. The number of nitrogens with two attached hydrogens (primary N) is 1. The Morgan fingerprint density at radius 2 is 0.787 bits per heavy atom. The average Bonchev–Trinajstić information content (AvgIpc) is 1.20. The van der Waals surface area contributed by atoms with Gasteiger partial charge in [0, 0.05) is 113 Å². The molecule has 0 atom stereocenters. The first kappa shape index (κ1) is 103. The minimum atomic E-state index is -3.22. The van der Waals surface area contributed by atoms with E-state index in [-0.39, 0.29) is 78.2 Å². The van der Waals surface area contributed by atoms with Gasteiger partial charge in [-0.1, -0.05) is 223 Å². The zero-order valence-corrected chi connectivity index (χ0v) is 81.8. The van der Waals surface area contributed by atoms with Crippen molar-refractivity contribution in [2.45, 2.75) is 27.7 Å². The van der Waals surface area contributed by atoms with Crippen molar-refractivity contribution in [3.8, 4) is 45.5 Å². The van der Waals surface area contributed by atoms with Crippen molar-refractivity contribution < 1.29 is 106 Å². The van der Waals surface area contributed by atoms with Crippen LogP contribution in [-0.4, -0.2) is 95.4 Å². The molecule has 632 valence electrons.